The van der Waals surface area contributed by atoms with Crippen LogP contribution < -0.4 is 10.1 Å². The van der Waals surface area contributed by atoms with Gasteiger partial charge in [-0.05, 0) is 44.9 Å². The average molecular weight is 332 g/mol. The van der Waals surface area contributed by atoms with E-state index in [9.17, 15) is 4.79 Å². The summed E-state index contributed by atoms with van der Waals surface area (Å²) in [5.74, 6) is 0.248. The highest BCUT2D eigenvalue weighted by atomic mass is 35.5. The van der Waals surface area contributed by atoms with Crippen molar-refractivity contribution in [2.24, 2.45) is 0 Å². The van der Waals surface area contributed by atoms with E-state index < -0.39 is 6.10 Å². The van der Waals surface area contributed by atoms with Crippen LogP contribution in [0.25, 0.3) is 0 Å². The summed E-state index contributed by atoms with van der Waals surface area (Å²) in [5.41, 5.74) is 0. The van der Waals surface area contributed by atoms with Crippen LogP contribution in [0.1, 0.15) is 26.7 Å². The third kappa shape index (κ3) is 4.50. The first-order chi connectivity index (χ1) is 9.97. The lowest BCUT2D eigenvalue weighted by molar-refractivity contribution is -0.128. The van der Waals surface area contributed by atoms with Gasteiger partial charge >= 0.3 is 0 Å². The molecule has 2 rings (SSSR count). The number of halogens is 2. The van der Waals surface area contributed by atoms with Crippen LogP contribution in [-0.4, -0.2) is 30.8 Å². The Hall–Kier alpha value is -0.970. The molecule has 116 valence electrons. The summed E-state index contributed by atoms with van der Waals surface area (Å²) in [7, 11) is 0. The molecule has 0 bridgehead atoms. The molecule has 1 N–H and O–H groups in total. The van der Waals surface area contributed by atoms with Gasteiger partial charge in [0.05, 0.1) is 17.2 Å². The van der Waals surface area contributed by atoms with Crippen LogP contribution >= 0.6 is 23.2 Å². The van der Waals surface area contributed by atoms with Crippen LogP contribution in [0.5, 0.6) is 5.75 Å². The molecular weight excluding hydrogens is 313 g/mol. The van der Waals surface area contributed by atoms with Gasteiger partial charge in [0.25, 0.3) is 5.91 Å². The summed E-state index contributed by atoms with van der Waals surface area (Å²) in [6.07, 6.45) is 1.45. The third-order valence-corrected chi connectivity index (χ3v) is 3.99. The Morgan fingerprint density at radius 1 is 1.43 bits per heavy atom. The average Bonchev–Trinajstić information content (AvgIpc) is 2.95. The lowest BCUT2D eigenvalue weighted by Crippen LogP contribution is -2.46. The molecule has 1 fully saturated rings. The fraction of sp³-hybridized carbons (Fsp3) is 0.533. The number of benzene rings is 1. The first kappa shape index (κ1) is 16.4. The molecule has 1 aliphatic heterocycles. The minimum Gasteiger partial charge on any atom is -0.479 e. The normalized spacial score (nSPS) is 20.9. The maximum Gasteiger partial charge on any atom is 0.261 e. The van der Waals surface area contributed by atoms with Gasteiger partial charge in [0.15, 0.2) is 6.10 Å². The third-order valence-electron chi connectivity index (χ3n) is 3.46. The molecule has 1 aromatic carbocycles. The zero-order valence-electron chi connectivity index (χ0n) is 12.1. The van der Waals surface area contributed by atoms with Crippen molar-refractivity contribution < 1.29 is 14.3 Å². The van der Waals surface area contributed by atoms with Crippen molar-refractivity contribution in [2.45, 2.75) is 44.9 Å². The molecule has 21 heavy (non-hydrogen) atoms. The van der Waals surface area contributed by atoms with Crippen molar-refractivity contribution in [1.82, 2.24) is 5.32 Å². The second-order valence-electron chi connectivity index (χ2n) is 5.18. The Bertz CT molecular complexity index is 504. The number of nitrogens with one attached hydrogen (secondary N) is 1. The van der Waals surface area contributed by atoms with Gasteiger partial charge in [0.2, 0.25) is 0 Å². The van der Waals surface area contributed by atoms with Crippen molar-refractivity contribution in [2.75, 3.05) is 6.61 Å². The van der Waals surface area contributed by atoms with Crippen LogP contribution in [0.4, 0.5) is 0 Å². The predicted octanol–water partition coefficient (Wildman–Crippen LogP) is 3.44. The molecule has 0 aliphatic carbocycles. The molecule has 0 aromatic heterocycles. The molecule has 1 aromatic rings. The van der Waals surface area contributed by atoms with E-state index in [-0.39, 0.29) is 18.1 Å². The molecule has 4 nitrogen and oxygen atoms in total. The number of hydrogen-bond acceptors (Lipinski definition) is 3. The second-order valence-corrected chi connectivity index (χ2v) is 6.03. The first-order valence-corrected chi connectivity index (χ1v) is 7.76. The highest BCUT2D eigenvalue weighted by molar-refractivity contribution is 6.35. The van der Waals surface area contributed by atoms with Crippen molar-refractivity contribution in [3.05, 3.63) is 28.2 Å². The van der Waals surface area contributed by atoms with Gasteiger partial charge in [-0.2, -0.15) is 0 Å². The maximum absolute atomic E-state index is 12.1. The molecular formula is C15H19Cl2NO3. The summed E-state index contributed by atoms with van der Waals surface area (Å²) in [4.78, 5) is 12.1. The SMILES string of the molecule is C[C@H](NC(=O)[C@@H](C)Oc1ccc(Cl)cc1Cl)[C@H]1CCCO1. The van der Waals surface area contributed by atoms with E-state index >= 15 is 0 Å². The lowest BCUT2D eigenvalue weighted by Gasteiger charge is -2.22. The number of hydrogen-bond donors (Lipinski definition) is 1. The number of rotatable bonds is 5. The van der Waals surface area contributed by atoms with Crippen molar-refractivity contribution in [1.29, 1.82) is 0 Å². The zero-order chi connectivity index (χ0) is 15.4. The number of carbonyl (C=O) groups is 1. The van der Waals surface area contributed by atoms with Crippen molar-refractivity contribution in [3.8, 4) is 5.75 Å². The van der Waals surface area contributed by atoms with Gasteiger partial charge < -0.3 is 14.8 Å². The monoisotopic (exact) mass is 331 g/mol. The molecule has 6 heteroatoms. The van der Waals surface area contributed by atoms with Gasteiger partial charge in [0.1, 0.15) is 5.75 Å². The highest BCUT2D eigenvalue weighted by Crippen LogP contribution is 2.28. The number of amides is 1. The predicted molar refractivity (Wildman–Crippen MR) is 83.1 cm³/mol. The topological polar surface area (TPSA) is 47.6 Å². The smallest absolute Gasteiger partial charge is 0.261 e. The molecule has 3 atom stereocenters. The highest BCUT2D eigenvalue weighted by Gasteiger charge is 2.26. The first-order valence-electron chi connectivity index (χ1n) is 7.01. The van der Waals surface area contributed by atoms with Gasteiger partial charge in [-0.15, -0.1) is 0 Å². The van der Waals surface area contributed by atoms with Crippen molar-refractivity contribution in [3.63, 3.8) is 0 Å². The van der Waals surface area contributed by atoms with E-state index in [1.54, 1.807) is 25.1 Å². The maximum atomic E-state index is 12.1. The Labute approximate surface area is 134 Å². The standard InChI is InChI=1S/C15H19Cl2NO3/c1-9(13-4-3-7-20-13)18-15(19)10(2)21-14-6-5-11(16)8-12(14)17/h5-6,8-10,13H,3-4,7H2,1-2H3,(H,18,19)/t9-,10+,13+/m0/s1. The Morgan fingerprint density at radius 2 is 2.19 bits per heavy atom. The largest absolute Gasteiger partial charge is 0.479 e. The molecule has 0 unspecified atom stereocenters. The van der Waals surface area contributed by atoms with Crippen LogP contribution in [0.15, 0.2) is 18.2 Å². The summed E-state index contributed by atoms with van der Waals surface area (Å²) >= 11 is 11.9. The summed E-state index contributed by atoms with van der Waals surface area (Å²) in [5, 5.41) is 3.82. The fourth-order valence-electron chi connectivity index (χ4n) is 2.25. The molecule has 0 radical (unpaired) electrons. The molecule has 1 amide bonds. The van der Waals surface area contributed by atoms with E-state index in [1.165, 1.54) is 0 Å². The molecule has 0 saturated carbocycles. The van der Waals surface area contributed by atoms with E-state index in [0.717, 1.165) is 19.4 Å². The Morgan fingerprint density at radius 3 is 2.81 bits per heavy atom. The summed E-state index contributed by atoms with van der Waals surface area (Å²) in [6, 6.07) is 4.87. The van der Waals surface area contributed by atoms with E-state index in [2.05, 4.69) is 5.32 Å². The van der Waals surface area contributed by atoms with E-state index in [4.69, 9.17) is 32.7 Å². The molecule has 1 saturated heterocycles. The second kappa shape index (κ2) is 7.34. The Kier molecular flexibility index (Phi) is 5.73. The van der Waals surface area contributed by atoms with Gasteiger partial charge in [-0.3, -0.25) is 4.79 Å². The van der Waals surface area contributed by atoms with Crippen molar-refractivity contribution >= 4 is 29.1 Å². The van der Waals surface area contributed by atoms with E-state index in [0.29, 0.717) is 15.8 Å². The number of carbonyl (C=O) groups excluding carboxylic acids is 1. The molecule has 1 heterocycles. The minimum absolute atomic E-state index is 0.0354. The van der Waals surface area contributed by atoms with Crippen LogP contribution in [0.3, 0.4) is 0 Å². The van der Waals surface area contributed by atoms with Crippen LogP contribution in [0, 0.1) is 0 Å². The lowest BCUT2D eigenvalue weighted by atomic mass is 10.1. The van der Waals surface area contributed by atoms with Gasteiger partial charge in [0, 0.05) is 11.6 Å². The summed E-state index contributed by atoms with van der Waals surface area (Å²) in [6.45, 7) is 4.38. The zero-order valence-corrected chi connectivity index (χ0v) is 13.6. The van der Waals surface area contributed by atoms with Gasteiger partial charge in [-0.1, -0.05) is 23.2 Å². The Balaban J connectivity index is 1.89. The van der Waals surface area contributed by atoms with Crippen LogP contribution in [0.2, 0.25) is 10.0 Å². The summed E-state index contributed by atoms with van der Waals surface area (Å²) < 4.78 is 11.1. The fourth-order valence-corrected chi connectivity index (χ4v) is 2.70. The quantitative estimate of drug-likeness (QED) is 0.898. The van der Waals surface area contributed by atoms with E-state index in [1.807, 2.05) is 6.92 Å². The number of ether oxygens (including phenoxy) is 2. The van der Waals surface area contributed by atoms with Gasteiger partial charge in [-0.25, -0.2) is 0 Å². The minimum atomic E-state index is -0.646. The van der Waals surface area contributed by atoms with Crippen LogP contribution in [-0.2, 0) is 9.53 Å². The molecule has 1 aliphatic rings. The molecule has 0 spiro atoms.